The van der Waals surface area contributed by atoms with Gasteiger partial charge in [-0.15, -0.1) is 0 Å². The number of halogens is 2. The normalized spacial score (nSPS) is 12.7. The minimum atomic E-state index is -0.248. The molecular weight excluding hydrogens is 319 g/mol. The number of rotatable bonds is 5. The summed E-state index contributed by atoms with van der Waals surface area (Å²) in [6, 6.07) is 15.0. The van der Waals surface area contributed by atoms with Gasteiger partial charge in [-0.1, -0.05) is 52.3 Å². The molecule has 2 nitrogen and oxygen atoms in total. The SMILES string of the molecule is CN(Cc1ccccc1)C(CN)c1ccc(F)cc1Br. The van der Waals surface area contributed by atoms with E-state index in [1.54, 1.807) is 6.07 Å². The van der Waals surface area contributed by atoms with E-state index in [-0.39, 0.29) is 11.9 Å². The molecule has 2 rings (SSSR count). The fourth-order valence-corrected chi connectivity index (χ4v) is 2.91. The largest absolute Gasteiger partial charge is 0.329 e. The van der Waals surface area contributed by atoms with Crippen molar-refractivity contribution < 1.29 is 4.39 Å². The van der Waals surface area contributed by atoms with Gasteiger partial charge in [-0.25, -0.2) is 4.39 Å². The molecule has 0 aliphatic heterocycles. The van der Waals surface area contributed by atoms with E-state index >= 15 is 0 Å². The van der Waals surface area contributed by atoms with E-state index in [2.05, 4.69) is 33.0 Å². The van der Waals surface area contributed by atoms with Crippen LogP contribution in [0.4, 0.5) is 4.39 Å². The zero-order chi connectivity index (χ0) is 14.5. The molecule has 0 aromatic heterocycles. The Kier molecular flexibility index (Phi) is 5.29. The Balaban J connectivity index is 2.19. The van der Waals surface area contributed by atoms with Gasteiger partial charge in [-0.05, 0) is 30.3 Å². The topological polar surface area (TPSA) is 29.3 Å². The van der Waals surface area contributed by atoms with Crippen LogP contribution < -0.4 is 5.73 Å². The van der Waals surface area contributed by atoms with Crippen molar-refractivity contribution in [3.8, 4) is 0 Å². The van der Waals surface area contributed by atoms with Gasteiger partial charge in [0.1, 0.15) is 5.82 Å². The summed E-state index contributed by atoms with van der Waals surface area (Å²) in [6.45, 7) is 1.28. The molecule has 4 heteroatoms. The van der Waals surface area contributed by atoms with Crippen molar-refractivity contribution in [3.63, 3.8) is 0 Å². The molecule has 2 N–H and O–H groups in total. The maximum atomic E-state index is 13.2. The molecule has 2 aromatic carbocycles. The lowest BCUT2D eigenvalue weighted by atomic mass is 10.0. The highest BCUT2D eigenvalue weighted by Gasteiger charge is 2.18. The monoisotopic (exact) mass is 336 g/mol. The van der Waals surface area contributed by atoms with E-state index in [1.165, 1.54) is 17.7 Å². The summed E-state index contributed by atoms with van der Waals surface area (Å²) in [5.74, 6) is -0.248. The molecule has 0 bridgehead atoms. The summed E-state index contributed by atoms with van der Waals surface area (Å²) in [5, 5.41) is 0. The molecule has 0 amide bonds. The fraction of sp³-hybridized carbons (Fsp3) is 0.250. The summed E-state index contributed by atoms with van der Waals surface area (Å²) in [7, 11) is 2.03. The van der Waals surface area contributed by atoms with Gasteiger partial charge in [-0.3, -0.25) is 4.90 Å². The number of hydrogen-bond donors (Lipinski definition) is 1. The Morgan fingerprint density at radius 2 is 1.90 bits per heavy atom. The number of nitrogens with two attached hydrogens (primary N) is 1. The van der Waals surface area contributed by atoms with Crippen LogP contribution in [0.5, 0.6) is 0 Å². The molecule has 2 aromatic rings. The lowest BCUT2D eigenvalue weighted by Gasteiger charge is -2.28. The van der Waals surface area contributed by atoms with Crippen LogP contribution in [0.15, 0.2) is 53.0 Å². The van der Waals surface area contributed by atoms with Gasteiger partial charge in [0.2, 0.25) is 0 Å². The highest BCUT2D eigenvalue weighted by atomic mass is 79.9. The highest BCUT2D eigenvalue weighted by Crippen LogP contribution is 2.28. The molecule has 0 saturated heterocycles. The Morgan fingerprint density at radius 3 is 2.50 bits per heavy atom. The molecule has 1 unspecified atom stereocenters. The van der Waals surface area contributed by atoms with Gasteiger partial charge in [-0.2, -0.15) is 0 Å². The van der Waals surface area contributed by atoms with Gasteiger partial charge < -0.3 is 5.73 Å². The van der Waals surface area contributed by atoms with Crippen LogP contribution in [-0.4, -0.2) is 18.5 Å². The smallest absolute Gasteiger partial charge is 0.124 e. The standard InChI is InChI=1S/C16H18BrFN2/c1-20(11-12-5-3-2-4-6-12)16(10-19)14-8-7-13(18)9-15(14)17/h2-9,16H,10-11,19H2,1H3. The summed E-state index contributed by atoms with van der Waals surface area (Å²) in [4.78, 5) is 2.17. The van der Waals surface area contributed by atoms with Gasteiger partial charge in [0.15, 0.2) is 0 Å². The first-order valence-corrected chi connectivity index (χ1v) is 7.30. The van der Waals surface area contributed by atoms with E-state index in [9.17, 15) is 4.39 Å². The van der Waals surface area contributed by atoms with Crippen LogP contribution in [0.3, 0.4) is 0 Å². The van der Waals surface area contributed by atoms with E-state index in [0.29, 0.717) is 6.54 Å². The minimum absolute atomic E-state index is 0.0465. The Hall–Kier alpha value is -1.23. The van der Waals surface area contributed by atoms with Crippen molar-refractivity contribution in [3.05, 3.63) is 69.9 Å². The van der Waals surface area contributed by atoms with Crippen molar-refractivity contribution in [2.45, 2.75) is 12.6 Å². The number of hydrogen-bond acceptors (Lipinski definition) is 2. The summed E-state index contributed by atoms with van der Waals surface area (Å²) < 4.78 is 13.9. The van der Waals surface area contributed by atoms with Crippen molar-refractivity contribution in [2.24, 2.45) is 5.73 Å². The first-order valence-electron chi connectivity index (χ1n) is 6.51. The van der Waals surface area contributed by atoms with Gasteiger partial charge in [0.25, 0.3) is 0 Å². The zero-order valence-corrected chi connectivity index (χ0v) is 13.0. The third-order valence-corrected chi connectivity index (χ3v) is 4.04. The fourth-order valence-electron chi connectivity index (χ4n) is 2.30. The van der Waals surface area contributed by atoms with Crippen LogP contribution in [0.1, 0.15) is 17.2 Å². The van der Waals surface area contributed by atoms with E-state index in [4.69, 9.17) is 5.73 Å². The predicted octanol–water partition coefficient (Wildman–Crippen LogP) is 3.72. The van der Waals surface area contributed by atoms with Crippen LogP contribution in [0, 0.1) is 5.82 Å². The van der Waals surface area contributed by atoms with Gasteiger partial charge in [0.05, 0.1) is 0 Å². The molecule has 0 aliphatic carbocycles. The second kappa shape index (κ2) is 6.97. The maximum Gasteiger partial charge on any atom is 0.124 e. The summed E-state index contributed by atoms with van der Waals surface area (Å²) >= 11 is 3.42. The van der Waals surface area contributed by atoms with E-state index < -0.39 is 0 Å². The van der Waals surface area contributed by atoms with E-state index in [0.717, 1.165) is 16.6 Å². The molecule has 0 spiro atoms. The second-order valence-corrected chi connectivity index (χ2v) is 5.67. The van der Waals surface area contributed by atoms with Crippen molar-refractivity contribution in [1.29, 1.82) is 0 Å². The molecule has 1 atom stereocenters. The lowest BCUT2D eigenvalue weighted by Crippen LogP contribution is -2.30. The molecular formula is C16H18BrFN2. The highest BCUT2D eigenvalue weighted by molar-refractivity contribution is 9.10. The van der Waals surface area contributed by atoms with Crippen LogP contribution in [0.2, 0.25) is 0 Å². The van der Waals surface area contributed by atoms with Crippen LogP contribution in [0.25, 0.3) is 0 Å². The van der Waals surface area contributed by atoms with Crippen LogP contribution in [-0.2, 0) is 6.54 Å². The third-order valence-electron chi connectivity index (χ3n) is 3.35. The zero-order valence-electron chi connectivity index (χ0n) is 11.4. The number of nitrogens with zero attached hydrogens (tertiary/aromatic N) is 1. The number of benzene rings is 2. The molecule has 0 saturated carbocycles. The number of likely N-dealkylation sites (N-methyl/N-ethyl adjacent to an activating group) is 1. The lowest BCUT2D eigenvalue weighted by molar-refractivity contribution is 0.241. The third kappa shape index (κ3) is 3.66. The van der Waals surface area contributed by atoms with Gasteiger partial charge >= 0.3 is 0 Å². The molecule has 106 valence electrons. The molecule has 20 heavy (non-hydrogen) atoms. The summed E-state index contributed by atoms with van der Waals surface area (Å²) in [5.41, 5.74) is 8.15. The van der Waals surface area contributed by atoms with Gasteiger partial charge in [0, 0.05) is 23.6 Å². The van der Waals surface area contributed by atoms with Crippen molar-refractivity contribution in [1.82, 2.24) is 4.90 Å². The average molecular weight is 337 g/mol. The Morgan fingerprint density at radius 1 is 1.20 bits per heavy atom. The van der Waals surface area contributed by atoms with Crippen molar-refractivity contribution >= 4 is 15.9 Å². The molecule has 0 heterocycles. The predicted molar refractivity (Wildman–Crippen MR) is 83.8 cm³/mol. The Bertz CT molecular complexity index is 560. The quantitative estimate of drug-likeness (QED) is 0.901. The first kappa shape index (κ1) is 15.2. The minimum Gasteiger partial charge on any atom is -0.329 e. The average Bonchev–Trinajstić information content (AvgIpc) is 2.43. The first-order chi connectivity index (χ1) is 9.61. The van der Waals surface area contributed by atoms with Crippen molar-refractivity contribution in [2.75, 3.05) is 13.6 Å². The molecule has 0 fully saturated rings. The van der Waals surface area contributed by atoms with E-state index in [1.807, 2.05) is 25.2 Å². The second-order valence-electron chi connectivity index (χ2n) is 4.82. The maximum absolute atomic E-state index is 13.2. The Labute approximate surface area is 127 Å². The molecule has 0 aliphatic rings. The summed E-state index contributed by atoms with van der Waals surface area (Å²) in [6.07, 6.45) is 0. The molecule has 0 radical (unpaired) electrons. The van der Waals surface area contributed by atoms with Crippen LogP contribution >= 0.6 is 15.9 Å².